The first-order valence-corrected chi connectivity index (χ1v) is 7.20. The van der Waals surface area contributed by atoms with E-state index in [0.717, 1.165) is 19.0 Å². The maximum absolute atomic E-state index is 5.88. The zero-order chi connectivity index (χ0) is 13.5. The van der Waals surface area contributed by atoms with Gasteiger partial charge in [0.25, 0.3) is 0 Å². The minimum absolute atomic E-state index is 0.621. The van der Waals surface area contributed by atoms with E-state index in [1.807, 2.05) is 0 Å². The van der Waals surface area contributed by atoms with Crippen LogP contribution in [0.25, 0.3) is 0 Å². The lowest BCUT2D eigenvalue weighted by atomic mass is 10.0. The molecule has 1 rings (SSSR count). The van der Waals surface area contributed by atoms with Crippen LogP contribution in [-0.2, 0) is 6.54 Å². The summed E-state index contributed by atoms with van der Waals surface area (Å²) in [5.74, 6) is 0.775. The Labute approximate surface area is 112 Å². The maximum atomic E-state index is 5.88. The molecule has 2 heteroatoms. The second-order valence-corrected chi connectivity index (χ2v) is 5.06. The Morgan fingerprint density at radius 1 is 1.17 bits per heavy atom. The van der Waals surface area contributed by atoms with Gasteiger partial charge in [-0.05, 0) is 31.4 Å². The highest BCUT2D eigenvalue weighted by molar-refractivity contribution is 5.55. The van der Waals surface area contributed by atoms with E-state index >= 15 is 0 Å². The molecule has 0 saturated carbocycles. The van der Waals surface area contributed by atoms with E-state index < -0.39 is 0 Å². The fourth-order valence-electron chi connectivity index (χ4n) is 2.44. The molecule has 0 aromatic heterocycles. The number of hydrogen-bond donors (Lipinski definition) is 1. The van der Waals surface area contributed by atoms with Crippen LogP contribution in [0.1, 0.15) is 44.7 Å². The Morgan fingerprint density at radius 2 is 1.83 bits per heavy atom. The summed E-state index contributed by atoms with van der Waals surface area (Å²) >= 11 is 0. The molecule has 18 heavy (non-hydrogen) atoms. The zero-order valence-corrected chi connectivity index (χ0v) is 12.4. The van der Waals surface area contributed by atoms with Crippen molar-refractivity contribution < 1.29 is 0 Å². The third-order valence-electron chi connectivity index (χ3n) is 3.81. The van der Waals surface area contributed by atoms with Gasteiger partial charge in [-0.15, -0.1) is 0 Å². The van der Waals surface area contributed by atoms with E-state index in [-0.39, 0.29) is 0 Å². The number of benzene rings is 1. The second kappa shape index (κ2) is 7.42. The van der Waals surface area contributed by atoms with E-state index in [4.69, 9.17) is 5.73 Å². The van der Waals surface area contributed by atoms with Gasteiger partial charge in [-0.3, -0.25) is 0 Å². The van der Waals surface area contributed by atoms with Crippen molar-refractivity contribution in [2.24, 2.45) is 11.7 Å². The Bertz CT molecular complexity index is 356. The quantitative estimate of drug-likeness (QED) is 0.797. The summed E-state index contributed by atoms with van der Waals surface area (Å²) in [4.78, 5) is 2.47. The molecule has 0 bridgehead atoms. The van der Waals surface area contributed by atoms with Gasteiger partial charge in [-0.1, -0.05) is 44.4 Å². The molecule has 1 aromatic rings. The van der Waals surface area contributed by atoms with E-state index in [1.165, 1.54) is 29.7 Å². The molecular formula is C16H28N2. The van der Waals surface area contributed by atoms with Gasteiger partial charge in [0.2, 0.25) is 0 Å². The number of aryl methyl sites for hydroxylation is 1. The first kappa shape index (κ1) is 15.0. The van der Waals surface area contributed by atoms with Crippen LogP contribution < -0.4 is 10.6 Å². The molecule has 2 N–H and O–H groups in total. The van der Waals surface area contributed by atoms with E-state index in [2.05, 4.69) is 50.8 Å². The van der Waals surface area contributed by atoms with Crippen molar-refractivity contribution in [1.29, 1.82) is 0 Å². The summed E-state index contributed by atoms with van der Waals surface area (Å²) in [6.45, 7) is 11.7. The summed E-state index contributed by atoms with van der Waals surface area (Å²) in [6, 6.07) is 6.62. The average molecular weight is 248 g/mol. The largest absolute Gasteiger partial charge is 0.371 e. The number of rotatable bonds is 7. The predicted octanol–water partition coefficient (Wildman–Crippen LogP) is 3.72. The fourth-order valence-corrected chi connectivity index (χ4v) is 2.44. The van der Waals surface area contributed by atoms with Crippen LogP contribution in [0, 0.1) is 12.8 Å². The van der Waals surface area contributed by atoms with E-state index in [1.54, 1.807) is 0 Å². The number of hydrogen-bond acceptors (Lipinski definition) is 2. The van der Waals surface area contributed by atoms with Crippen LogP contribution >= 0.6 is 0 Å². The van der Waals surface area contributed by atoms with Crippen LogP contribution in [-0.4, -0.2) is 13.1 Å². The standard InChI is InChI=1S/C16H28N2/c1-5-14(6-2)12-18(7-3)16-9-8-13(4)10-15(16)11-17/h8-10,14H,5-7,11-12,17H2,1-4H3. The second-order valence-electron chi connectivity index (χ2n) is 5.06. The molecule has 2 nitrogen and oxygen atoms in total. The third-order valence-corrected chi connectivity index (χ3v) is 3.81. The van der Waals surface area contributed by atoms with Crippen molar-refractivity contribution >= 4 is 5.69 Å². The first-order chi connectivity index (χ1) is 8.65. The SMILES string of the molecule is CCC(CC)CN(CC)c1ccc(C)cc1CN. The summed E-state index contributed by atoms with van der Waals surface area (Å²) in [5.41, 5.74) is 9.75. The highest BCUT2D eigenvalue weighted by Gasteiger charge is 2.13. The molecule has 0 unspecified atom stereocenters. The summed E-state index contributed by atoms with van der Waals surface area (Å²) in [5, 5.41) is 0. The molecule has 1 aromatic carbocycles. The van der Waals surface area contributed by atoms with Crippen molar-refractivity contribution in [2.75, 3.05) is 18.0 Å². The van der Waals surface area contributed by atoms with Gasteiger partial charge >= 0.3 is 0 Å². The Balaban J connectivity index is 2.93. The van der Waals surface area contributed by atoms with Crippen molar-refractivity contribution in [3.8, 4) is 0 Å². The highest BCUT2D eigenvalue weighted by Crippen LogP contribution is 2.23. The average Bonchev–Trinajstić information content (AvgIpc) is 2.41. The van der Waals surface area contributed by atoms with Crippen molar-refractivity contribution in [3.05, 3.63) is 29.3 Å². The molecule has 0 radical (unpaired) electrons. The molecule has 0 saturated heterocycles. The Hall–Kier alpha value is -1.02. The molecule has 0 aliphatic heterocycles. The predicted molar refractivity (Wildman–Crippen MR) is 81.0 cm³/mol. The van der Waals surface area contributed by atoms with Gasteiger partial charge in [0.05, 0.1) is 0 Å². The number of nitrogens with zero attached hydrogens (tertiary/aromatic N) is 1. The van der Waals surface area contributed by atoms with Gasteiger partial charge in [0.15, 0.2) is 0 Å². The normalized spacial score (nSPS) is 11.0. The van der Waals surface area contributed by atoms with Gasteiger partial charge in [-0.2, -0.15) is 0 Å². The van der Waals surface area contributed by atoms with Crippen LogP contribution in [0.15, 0.2) is 18.2 Å². The zero-order valence-electron chi connectivity index (χ0n) is 12.4. The Kier molecular flexibility index (Phi) is 6.20. The van der Waals surface area contributed by atoms with Crippen LogP contribution in [0.5, 0.6) is 0 Å². The molecule has 0 atom stereocenters. The lowest BCUT2D eigenvalue weighted by Gasteiger charge is -2.29. The maximum Gasteiger partial charge on any atom is 0.0411 e. The smallest absolute Gasteiger partial charge is 0.0411 e. The molecule has 0 aliphatic carbocycles. The minimum atomic E-state index is 0.621. The molecule has 0 aliphatic rings. The van der Waals surface area contributed by atoms with Crippen molar-refractivity contribution in [2.45, 2.75) is 47.1 Å². The number of nitrogens with two attached hydrogens (primary N) is 1. The van der Waals surface area contributed by atoms with Crippen LogP contribution in [0.2, 0.25) is 0 Å². The molecule has 0 heterocycles. The fraction of sp³-hybridized carbons (Fsp3) is 0.625. The first-order valence-electron chi connectivity index (χ1n) is 7.20. The van der Waals surface area contributed by atoms with Gasteiger partial charge in [-0.25, -0.2) is 0 Å². The summed E-state index contributed by atoms with van der Waals surface area (Å²) < 4.78 is 0. The van der Waals surface area contributed by atoms with E-state index in [0.29, 0.717) is 6.54 Å². The molecule has 102 valence electrons. The minimum Gasteiger partial charge on any atom is -0.371 e. The lowest BCUT2D eigenvalue weighted by molar-refractivity contribution is 0.485. The highest BCUT2D eigenvalue weighted by atomic mass is 15.1. The monoisotopic (exact) mass is 248 g/mol. The molecule has 0 amide bonds. The van der Waals surface area contributed by atoms with Gasteiger partial charge in [0.1, 0.15) is 0 Å². The van der Waals surface area contributed by atoms with E-state index in [9.17, 15) is 0 Å². The lowest BCUT2D eigenvalue weighted by Crippen LogP contribution is -2.30. The third kappa shape index (κ3) is 3.74. The Morgan fingerprint density at radius 3 is 2.33 bits per heavy atom. The molecule has 0 fully saturated rings. The van der Waals surface area contributed by atoms with Gasteiger partial charge < -0.3 is 10.6 Å². The van der Waals surface area contributed by atoms with Crippen molar-refractivity contribution in [1.82, 2.24) is 0 Å². The number of anilines is 1. The van der Waals surface area contributed by atoms with Crippen molar-refractivity contribution in [3.63, 3.8) is 0 Å². The molecular weight excluding hydrogens is 220 g/mol. The van der Waals surface area contributed by atoms with Crippen LogP contribution in [0.3, 0.4) is 0 Å². The summed E-state index contributed by atoms with van der Waals surface area (Å²) in [6.07, 6.45) is 2.49. The topological polar surface area (TPSA) is 29.3 Å². The summed E-state index contributed by atoms with van der Waals surface area (Å²) in [7, 11) is 0. The molecule has 0 spiro atoms. The van der Waals surface area contributed by atoms with Gasteiger partial charge in [0, 0.05) is 25.3 Å². The van der Waals surface area contributed by atoms with Crippen LogP contribution in [0.4, 0.5) is 5.69 Å².